The Morgan fingerprint density at radius 2 is 1.83 bits per heavy atom. The third-order valence-electron chi connectivity index (χ3n) is 11.9. The summed E-state index contributed by atoms with van der Waals surface area (Å²) in [4.78, 5) is 2.82. The van der Waals surface area contributed by atoms with Crippen LogP contribution in [0.3, 0.4) is 0 Å². The molecule has 4 bridgehead atoms. The Labute approximate surface area is 239 Å². The number of rotatable bonds is 8. The van der Waals surface area contributed by atoms with Crippen molar-refractivity contribution < 1.29 is 32.1 Å². The minimum atomic E-state index is -4.34. The highest BCUT2D eigenvalue weighted by atomic mass is 19.4. The Bertz CT molecular complexity index is 1360. The van der Waals surface area contributed by atoms with E-state index >= 15 is 0 Å². The lowest BCUT2D eigenvalue weighted by Crippen LogP contribution is -2.81. The number of nitrogens with zero attached hydrogens (tertiary/aromatic N) is 1. The van der Waals surface area contributed by atoms with Gasteiger partial charge in [-0.1, -0.05) is 18.2 Å². The molecule has 5 aliphatic carbocycles. The highest BCUT2D eigenvalue weighted by Gasteiger charge is 2.80. The van der Waals surface area contributed by atoms with Gasteiger partial charge in [-0.15, -0.1) is 0 Å². The van der Waals surface area contributed by atoms with Crippen LogP contribution in [-0.2, 0) is 34.1 Å². The molecule has 1 saturated heterocycles. The molecule has 7 aliphatic rings. The van der Waals surface area contributed by atoms with Crippen LogP contribution in [0.5, 0.6) is 11.5 Å². The van der Waals surface area contributed by atoms with Crippen molar-refractivity contribution in [2.75, 3.05) is 33.9 Å². The van der Waals surface area contributed by atoms with Crippen LogP contribution >= 0.6 is 0 Å². The van der Waals surface area contributed by atoms with Gasteiger partial charge in [0, 0.05) is 42.0 Å². The number of alkyl halides is 3. The first-order chi connectivity index (χ1) is 19.8. The first-order valence-corrected chi connectivity index (χ1v) is 15.2. The number of fused-ring (bicyclic) bond motifs is 2. The number of benzene rings is 2. The standard InChI is InChI=1S/C33H38F3NO4/c1-38-25-10-7-22-15-26-30-11-12-32(39-2,24(16-30)19-40-18-21-5-8-23(9-6-21)33(34,35)36)29-31(30,27(22)28(25)41-29)13-14-37(26)17-20-3-4-20/h5-10,20,24,26,29H,3-4,11-19H2,1-2H3/t24-,26-,29-,30?,31?,32-/m1/s1. The van der Waals surface area contributed by atoms with E-state index in [2.05, 4.69) is 17.0 Å². The molecule has 2 heterocycles. The average molecular weight is 570 g/mol. The number of hydrogen-bond donors (Lipinski definition) is 0. The molecule has 5 fully saturated rings. The lowest BCUT2D eigenvalue weighted by atomic mass is 9.35. The van der Waals surface area contributed by atoms with Crippen molar-refractivity contribution in [3.8, 4) is 11.5 Å². The maximum absolute atomic E-state index is 13.0. The molecule has 9 rings (SSSR count). The predicted octanol–water partition coefficient (Wildman–Crippen LogP) is 6.16. The average Bonchev–Trinajstić information content (AvgIpc) is 3.71. The first-order valence-electron chi connectivity index (χ1n) is 15.2. The van der Waals surface area contributed by atoms with Crippen LogP contribution < -0.4 is 9.47 Å². The van der Waals surface area contributed by atoms with E-state index in [9.17, 15) is 13.2 Å². The quantitative estimate of drug-likeness (QED) is 0.381. The van der Waals surface area contributed by atoms with Crippen molar-refractivity contribution in [1.82, 2.24) is 4.90 Å². The molecule has 5 nitrogen and oxygen atoms in total. The van der Waals surface area contributed by atoms with Crippen LogP contribution in [0.2, 0.25) is 0 Å². The second-order valence-electron chi connectivity index (χ2n) is 13.4. The summed E-state index contributed by atoms with van der Waals surface area (Å²) in [7, 11) is 3.55. The van der Waals surface area contributed by atoms with E-state index in [1.165, 1.54) is 42.6 Å². The van der Waals surface area contributed by atoms with Crippen LogP contribution in [-0.4, -0.2) is 56.6 Å². The van der Waals surface area contributed by atoms with Crippen molar-refractivity contribution in [3.05, 3.63) is 58.7 Å². The van der Waals surface area contributed by atoms with Gasteiger partial charge in [0.25, 0.3) is 0 Å². The fourth-order valence-electron chi connectivity index (χ4n) is 10.0. The largest absolute Gasteiger partial charge is 0.493 e. The molecule has 2 aromatic rings. The Hall–Kier alpha value is -2.29. The fraction of sp³-hybridized carbons (Fsp3) is 0.636. The van der Waals surface area contributed by atoms with Crippen molar-refractivity contribution >= 4 is 0 Å². The second-order valence-corrected chi connectivity index (χ2v) is 13.4. The lowest BCUT2D eigenvalue weighted by molar-refractivity contribution is -0.283. The Morgan fingerprint density at radius 3 is 2.54 bits per heavy atom. The molecule has 41 heavy (non-hydrogen) atoms. The second kappa shape index (κ2) is 8.87. The number of halogens is 3. The van der Waals surface area contributed by atoms with Gasteiger partial charge in [-0.2, -0.15) is 13.2 Å². The molecular weight excluding hydrogens is 531 g/mol. The van der Waals surface area contributed by atoms with Crippen LogP contribution in [0.1, 0.15) is 60.8 Å². The third-order valence-corrected chi connectivity index (χ3v) is 11.9. The number of ether oxygens (including phenoxy) is 4. The van der Waals surface area contributed by atoms with Gasteiger partial charge < -0.3 is 18.9 Å². The number of piperidine rings is 1. The highest BCUT2D eigenvalue weighted by Crippen LogP contribution is 2.76. The van der Waals surface area contributed by atoms with Gasteiger partial charge in [-0.3, -0.25) is 4.90 Å². The minimum absolute atomic E-state index is 0.0675. The normalized spacial score (nSPS) is 36.7. The molecule has 2 aliphatic heterocycles. The van der Waals surface area contributed by atoms with E-state index in [0.717, 1.165) is 73.8 Å². The van der Waals surface area contributed by atoms with E-state index < -0.39 is 17.3 Å². The Kier molecular flexibility index (Phi) is 5.70. The van der Waals surface area contributed by atoms with Crippen molar-refractivity contribution in [1.29, 1.82) is 0 Å². The predicted molar refractivity (Wildman–Crippen MR) is 146 cm³/mol. The summed E-state index contributed by atoms with van der Waals surface area (Å²) < 4.78 is 64.9. The minimum Gasteiger partial charge on any atom is -0.493 e. The fourth-order valence-corrected chi connectivity index (χ4v) is 10.0. The molecule has 8 heteroatoms. The maximum atomic E-state index is 13.0. The van der Waals surface area contributed by atoms with Crippen LogP contribution in [0.4, 0.5) is 13.2 Å². The zero-order chi connectivity index (χ0) is 28.2. The van der Waals surface area contributed by atoms with Gasteiger partial charge in [-0.05, 0) is 86.7 Å². The lowest BCUT2D eigenvalue weighted by Gasteiger charge is -2.74. The zero-order valence-electron chi connectivity index (χ0n) is 23.8. The molecule has 0 radical (unpaired) electrons. The van der Waals surface area contributed by atoms with Crippen molar-refractivity contribution in [2.24, 2.45) is 17.3 Å². The molecule has 2 unspecified atom stereocenters. The van der Waals surface area contributed by atoms with Gasteiger partial charge in [0.1, 0.15) is 11.7 Å². The topological polar surface area (TPSA) is 40.2 Å². The smallest absolute Gasteiger partial charge is 0.416 e. The van der Waals surface area contributed by atoms with Gasteiger partial charge in [-0.25, -0.2) is 0 Å². The molecule has 0 amide bonds. The third kappa shape index (κ3) is 3.47. The molecule has 220 valence electrons. The summed E-state index contributed by atoms with van der Waals surface area (Å²) in [6, 6.07) is 10.1. The highest BCUT2D eigenvalue weighted by molar-refractivity contribution is 5.63. The molecular formula is C33H38F3NO4. The van der Waals surface area contributed by atoms with E-state index in [1.54, 1.807) is 7.11 Å². The zero-order valence-corrected chi connectivity index (χ0v) is 23.8. The molecule has 6 atom stereocenters. The summed E-state index contributed by atoms with van der Waals surface area (Å²) in [6.45, 7) is 3.04. The van der Waals surface area contributed by atoms with Crippen molar-refractivity contribution in [2.45, 2.75) is 80.9 Å². The first kappa shape index (κ1) is 26.3. The number of methoxy groups -OCH3 is 2. The van der Waals surface area contributed by atoms with Gasteiger partial charge in [0.15, 0.2) is 11.5 Å². The van der Waals surface area contributed by atoms with Gasteiger partial charge in [0.05, 0.1) is 25.9 Å². The summed E-state index contributed by atoms with van der Waals surface area (Å²) in [6.07, 6.45) is 3.38. The summed E-state index contributed by atoms with van der Waals surface area (Å²) >= 11 is 0. The molecule has 0 aromatic heterocycles. The number of hydrogen-bond acceptors (Lipinski definition) is 5. The van der Waals surface area contributed by atoms with Crippen LogP contribution in [0, 0.1) is 17.3 Å². The SMILES string of the molecule is COc1ccc2c3c1O[C@@H]1C34CCN(CC3CC3)[C@H](C2)C42CC[C@@]1(OC)[C@@H](COCc1ccc(C(F)(F)F)cc1)C2. The van der Waals surface area contributed by atoms with E-state index in [-0.39, 0.29) is 29.5 Å². The van der Waals surface area contributed by atoms with E-state index in [1.807, 2.05) is 7.11 Å². The monoisotopic (exact) mass is 569 g/mol. The molecule has 2 aromatic carbocycles. The van der Waals surface area contributed by atoms with Crippen molar-refractivity contribution in [3.63, 3.8) is 0 Å². The van der Waals surface area contributed by atoms with Crippen LogP contribution in [0.15, 0.2) is 36.4 Å². The van der Waals surface area contributed by atoms with E-state index in [4.69, 9.17) is 18.9 Å². The summed E-state index contributed by atoms with van der Waals surface area (Å²) in [5.74, 6) is 2.68. The molecule has 0 N–H and O–H groups in total. The molecule has 2 spiro atoms. The van der Waals surface area contributed by atoms with E-state index in [0.29, 0.717) is 12.6 Å². The number of likely N-dealkylation sites (tertiary alicyclic amines) is 1. The van der Waals surface area contributed by atoms with Crippen LogP contribution in [0.25, 0.3) is 0 Å². The Balaban J connectivity index is 1.14. The van der Waals surface area contributed by atoms with Gasteiger partial charge >= 0.3 is 6.18 Å². The Morgan fingerprint density at radius 1 is 1.02 bits per heavy atom. The molecule has 4 saturated carbocycles. The summed E-state index contributed by atoms with van der Waals surface area (Å²) in [5, 5.41) is 0. The summed E-state index contributed by atoms with van der Waals surface area (Å²) in [5.41, 5.74) is 2.36. The maximum Gasteiger partial charge on any atom is 0.416 e. The van der Waals surface area contributed by atoms with Gasteiger partial charge in [0.2, 0.25) is 0 Å².